The number of aryl methyl sites for hydroxylation is 1. The summed E-state index contributed by atoms with van der Waals surface area (Å²) < 4.78 is 0. The van der Waals surface area contributed by atoms with Gasteiger partial charge in [0.05, 0.1) is 0 Å². The lowest BCUT2D eigenvalue weighted by atomic mass is 10.1. The molecular weight excluding hydrogens is 270 g/mol. The molecule has 0 aliphatic rings. The first kappa shape index (κ1) is 13.0. The van der Waals surface area contributed by atoms with Crippen molar-refractivity contribution in [3.63, 3.8) is 0 Å². The molecule has 0 saturated heterocycles. The minimum Gasteiger partial charge on any atom is -0.299 e. The first-order chi connectivity index (χ1) is 8.56. The second-order valence-electron chi connectivity index (χ2n) is 3.89. The third-order valence-corrected chi connectivity index (χ3v) is 3.37. The van der Waals surface area contributed by atoms with Crippen LogP contribution in [0, 0.1) is 6.92 Å². The Hall–Kier alpha value is -1.46. The third-order valence-electron chi connectivity index (χ3n) is 2.28. The number of anilines is 1. The van der Waals surface area contributed by atoms with Gasteiger partial charge in [0.1, 0.15) is 10.4 Å². The number of rotatable bonds is 3. The SMILES string of the molecule is Cc1cccc(-c2nnc(NC(=O)[C@H](C)Cl)s2)c1. The van der Waals surface area contributed by atoms with Crippen molar-refractivity contribution in [3.05, 3.63) is 29.8 Å². The quantitative estimate of drug-likeness (QED) is 0.880. The van der Waals surface area contributed by atoms with Gasteiger partial charge in [0.25, 0.3) is 0 Å². The highest BCUT2D eigenvalue weighted by atomic mass is 35.5. The normalized spacial score (nSPS) is 12.2. The molecule has 1 aromatic carbocycles. The van der Waals surface area contributed by atoms with E-state index < -0.39 is 5.38 Å². The molecule has 0 saturated carbocycles. The maximum Gasteiger partial charge on any atom is 0.243 e. The van der Waals surface area contributed by atoms with Gasteiger partial charge in [0.2, 0.25) is 11.0 Å². The smallest absolute Gasteiger partial charge is 0.243 e. The fourth-order valence-corrected chi connectivity index (χ4v) is 2.17. The monoisotopic (exact) mass is 281 g/mol. The Bertz CT molecular complexity index is 568. The molecule has 0 bridgehead atoms. The fourth-order valence-electron chi connectivity index (χ4n) is 1.37. The molecule has 1 heterocycles. The van der Waals surface area contributed by atoms with Crippen LogP contribution in [-0.2, 0) is 4.79 Å². The number of alkyl halides is 1. The number of carbonyl (C=O) groups is 1. The summed E-state index contributed by atoms with van der Waals surface area (Å²) in [7, 11) is 0. The second kappa shape index (κ2) is 5.46. The molecule has 0 spiro atoms. The van der Waals surface area contributed by atoms with E-state index in [1.807, 2.05) is 31.2 Å². The molecule has 6 heteroatoms. The molecule has 4 nitrogen and oxygen atoms in total. The highest BCUT2D eigenvalue weighted by Gasteiger charge is 2.13. The zero-order valence-electron chi connectivity index (χ0n) is 9.98. The van der Waals surface area contributed by atoms with E-state index in [1.165, 1.54) is 11.3 Å². The number of hydrogen-bond acceptors (Lipinski definition) is 4. The second-order valence-corrected chi connectivity index (χ2v) is 5.52. The van der Waals surface area contributed by atoms with Gasteiger partial charge in [-0.1, -0.05) is 35.1 Å². The van der Waals surface area contributed by atoms with Crippen LogP contribution in [0.4, 0.5) is 5.13 Å². The van der Waals surface area contributed by atoms with E-state index in [4.69, 9.17) is 11.6 Å². The Balaban J connectivity index is 2.18. The molecule has 1 amide bonds. The van der Waals surface area contributed by atoms with Crippen molar-refractivity contribution in [1.29, 1.82) is 0 Å². The van der Waals surface area contributed by atoms with Gasteiger partial charge < -0.3 is 0 Å². The molecule has 1 aromatic heterocycles. The van der Waals surface area contributed by atoms with E-state index in [-0.39, 0.29) is 5.91 Å². The number of halogens is 1. The average molecular weight is 282 g/mol. The van der Waals surface area contributed by atoms with Crippen LogP contribution in [0.2, 0.25) is 0 Å². The Morgan fingerprint density at radius 1 is 1.44 bits per heavy atom. The zero-order chi connectivity index (χ0) is 13.1. The van der Waals surface area contributed by atoms with Crippen LogP contribution >= 0.6 is 22.9 Å². The standard InChI is InChI=1S/C12H12ClN3OS/c1-7-4-3-5-9(6-7)11-15-16-12(18-11)14-10(17)8(2)13/h3-6,8H,1-2H3,(H,14,16,17)/t8-/m0/s1. The topological polar surface area (TPSA) is 54.9 Å². The molecule has 0 fully saturated rings. The molecule has 1 N–H and O–H groups in total. The molecular formula is C12H12ClN3OS. The van der Waals surface area contributed by atoms with Crippen molar-refractivity contribution in [2.45, 2.75) is 19.2 Å². The van der Waals surface area contributed by atoms with E-state index >= 15 is 0 Å². The Morgan fingerprint density at radius 2 is 2.22 bits per heavy atom. The van der Waals surface area contributed by atoms with Crippen LogP contribution in [0.25, 0.3) is 10.6 Å². The molecule has 0 radical (unpaired) electrons. The van der Waals surface area contributed by atoms with Crippen molar-refractivity contribution >= 4 is 34.0 Å². The van der Waals surface area contributed by atoms with Crippen LogP contribution in [0.1, 0.15) is 12.5 Å². The predicted octanol–water partition coefficient (Wildman–Crippen LogP) is 3.08. The molecule has 2 aromatic rings. The molecule has 18 heavy (non-hydrogen) atoms. The van der Waals surface area contributed by atoms with Gasteiger partial charge in [-0.15, -0.1) is 21.8 Å². The lowest BCUT2D eigenvalue weighted by molar-refractivity contribution is -0.115. The number of nitrogens with one attached hydrogen (secondary N) is 1. The Morgan fingerprint density at radius 3 is 2.89 bits per heavy atom. The predicted molar refractivity (Wildman–Crippen MR) is 74.0 cm³/mol. The molecule has 0 aliphatic carbocycles. The van der Waals surface area contributed by atoms with Crippen molar-refractivity contribution in [3.8, 4) is 10.6 Å². The minimum atomic E-state index is -0.587. The number of benzene rings is 1. The Kier molecular flexibility index (Phi) is 3.93. The zero-order valence-corrected chi connectivity index (χ0v) is 11.5. The van der Waals surface area contributed by atoms with E-state index in [1.54, 1.807) is 6.92 Å². The summed E-state index contributed by atoms with van der Waals surface area (Å²) in [4.78, 5) is 11.4. The van der Waals surface area contributed by atoms with Crippen LogP contribution < -0.4 is 5.32 Å². The van der Waals surface area contributed by atoms with Crippen LogP contribution in [0.3, 0.4) is 0 Å². The van der Waals surface area contributed by atoms with Crippen molar-refractivity contribution in [2.24, 2.45) is 0 Å². The first-order valence-corrected chi connectivity index (χ1v) is 6.67. The van der Waals surface area contributed by atoms with Gasteiger partial charge in [-0.05, 0) is 19.9 Å². The first-order valence-electron chi connectivity index (χ1n) is 5.42. The molecule has 94 valence electrons. The van der Waals surface area contributed by atoms with Crippen molar-refractivity contribution < 1.29 is 4.79 Å². The van der Waals surface area contributed by atoms with E-state index in [0.717, 1.165) is 16.1 Å². The largest absolute Gasteiger partial charge is 0.299 e. The summed E-state index contributed by atoms with van der Waals surface area (Å²) in [5, 5.41) is 11.2. The van der Waals surface area contributed by atoms with E-state index in [9.17, 15) is 4.79 Å². The molecule has 2 rings (SSSR count). The maximum absolute atomic E-state index is 11.4. The van der Waals surface area contributed by atoms with E-state index in [2.05, 4.69) is 15.5 Å². The summed E-state index contributed by atoms with van der Waals surface area (Å²) in [6.45, 7) is 3.63. The van der Waals surface area contributed by atoms with Crippen molar-refractivity contribution in [2.75, 3.05) is 5.32 Å². The van der Waals surface area contributed by atoms with Crippen LogP contribution in [-0.4, -0.2) is 21.5 Å². The molecule has 1 atom stereocenters. The molecule has 0 unspecified atom stereocenters. The van der Waals surface area contributed by atoms with Gasteiger partial charge in [-0.3, -0.25) is 10.1 Å². The summed E-state index contributed by atoms with van der Waals surface area (Å²) in [5.41, 5.74) is 2.15. The molecule has 0 aliphatic heterocycles. The highest BCUT2D eigenvalue weighted by Crippen LogP contribution is 2.26. The van der Waals surface area contributed by atoms with E-state index in [0.29, 0.717) is 5.13 Å². The lowest BCUT2D eigenvalue weighted by Crippen LogP contribution is -2.20. The van der Waals surface area contributed by atoms with Crippen LogP contribution in [0.15, 0.2) is 24.3 Å². The van der Waals surface area contributed by atoms with Gasteiger partial charge in [-0.25, -0.2) is 0 Å². The summed E-state index contributed by atoms with van der Waals surface area (Å²) in [6, 6.07) is 7.97. The third kappa shape index (κ3) is 3.05. The highest BCUT2D eigenvalue weighted by molar-refractivity contribution is 7.18. The van der Waals surface area contributed by atoms with Gasteiger partial charge in [-0.2, -0.15) is 0 Å². The van der Waals surface area contributed by atoms with Gasteiger partial charge in [0.15, 0.2) is 0 Å². The van der Waals surface area contributed by atoms with Crippen LogP contribution in [0.5, 0.6) is 0 Å². The fraction of sp³-hybridized carbons (Fsp3) is 0.250. The number of aromatic nitrogens is 2. The minimum absolute atomic E-state index is 0.274. The number of nitrogens with zero attached hydrogens (tertiary/aromatic N) is 2. The van der Waals surface area contributed by atoms with Crippen molar-refractivity contribution in [1.82, 2.24) is 10.2 Å². The number of carbonyl (C=O) groups excluding carboxylic acids is 1. The summed E-state index contributed by atoms with van der Waals surface area (Å²) >= 11 is 6.99. The number of amides is 1. The number of hydrogen-bond donors (Lipinski definition) is 1. The Labute approximate surface area is 114 Å². The summed E-state index contributed by atoms with van der Waals surface area (Å²) in [5.74, 6) is -0.274. The maximum atomic E-state index is 11.4. The summed E-state index contributed by atoms with van der Waals surface area (Å²) in [6.07, 6.45) is 0. The average Bonchev–Trinajstić information content (AvgIpc) is 2.77. The van der Waals surface area contributed by atoms with Gasteiger partial charge in [0, 0.05) is 5.56 Å². The van der Waals surface area contributed by atoms with Gasteiger partial charge >= 0.3 is 0 Å². The lowest BCUT2D eigenvalue weighted by Gasteiger charge is -2.00.